The van der Waals surface area contributed by atoms with Crippen molar-refractivity contribution in [2.24, 2.45) is 0 Å². The summed E-state index contributed by atoms with van der Waals surface area (Å²) in [6.45, 7) is 4.10. The molecular formula is C16H15ClF3N. The number of rotatable bonds is 4. The van der Waals surface area contributed by atoms with Crippen LogP contribution in [0.5, 0.6) is 0 Å². The topological polar surface area (TPSA) is 12.0 Å². The van der Waals surface area contributed by atoms with Crippen molar-refractivity contribution in [3.8, 4) is 0 Å². The first-order valence-corrected chi connectivity index (χ1v) is 6.95. The number of halogens is 4. The van der Waals surface area contributed by atoms with Gasteiger partial charge in [0, 0.05) is 5.56 Å². The maximum atomic E-state index is 14.1. The summed E-state index contributed by atoms with van der Waals surface area (Å²) in [7, 11) is 0. The van der Waals surface area contributed by atoms with Gasteiger partial charge in [-0.15, -0.1) is 0 Å². The van der Waals surface area contributed by atoms with Gasteiger partial charge in [0.15, 0.2) is 0 Å². The lowest BCUT2D eigenvalue weighted by Crippen LogP contribution is -2.23. The molecule has 21 heavy (non-hydrogen) atoms. The molecule has 1 unspecified atom stereocenters. The first-order valence-electron chi connectivity index (χ1n) is 6.57. The second-order valence-corrected chi connectivity index (χ2v) is 5.25. The van der Waals surface area contributed by atoms with E-state index >= 15 is 0 Å². The van der Waals surface area contributed by atoms with Gasteiger partial charge in [-0.2, -0.15) is 0 Å². The second-order valence-electron chi connectivity index (χ2n) is 4.84. The lowest BCUT2D eigenvalue weighted by molar-refractivity contribution is 0.541. The average Bonchev–Trinajstić information content (AvgIpc) is 2.39. The highest BCUT2D eigenvalue weighted by Gasteiger charge is 2.20. The maximum Gasteiger partial charge on any atom is 0.142 e. The van der Waals surface area contributed by atoms with E-state index < -0.39 is 23.5 Å². The highest BCUT2D eigenvalue weighted by atomic mass is 35.5. The van der Waals surface area contributed by atoms with Crippen molar-refractivity contribution in [1.29, 1.82) is 0 Å². The maximum absolute atomic E-state index is 14.1. The van der Waals surface area contributed by atoms with Gasteiger partial charge >= 0.3 is 0 Å². The van der Waals surface area contributed by atoms with Gasteiger partial charge in [0.05, 0.1) is 11.1 Å². The smallest absolute Gasteiger partial charge is 0.142 e. The fraction of sp³-hybridized carbons (Fsp3) is 0.250. The van der Waals surface area contributed by atoms with E-state index in [1.54, 1.807) is 13.0 Å². The Morgan fingerprint density at radius 2 is 1.76 bits per heavy atom. The molecule has 0 aliphatic rings. The molecule has 0 fully saturated rings. The Kier molecular flexibility index (Phi) is 4.91. The van der Waals surface area contributed by atoms with Gasteiger partial charge in [-0.25, -0.2) is 13.2 Å². The third-order valence-electron chi connectivity index (χ3n) is 3.16. The minimum absolute atomic E-state index is 0.101. The Balaban J connectivity index is 2.55. The molecule has 0 saturated carbocycles. The monoisotopic (exact) mass is 313 g/mol. The van der Waals surface area contributed by atoms with Gasteiger partial charge in [0.1, 0.15) is 17.5 Å². The Morgan fingerprint density at radius 1 is 1.05 bits per heavy atom. The Bertz CT molecular complexity index is 638. The lowest BCUT2D eigenvalue weighted by atomic mass is 9.96. The predicted octanol–water partition coefficient (Wildman–Crippen LogP) is 4.76. The molecular weight excluding hydrogens is 299 g/mol. The van der Waals surface area contributed by atoms with Crippen molar-refractivity contribution in [3.05, 3.63) is 69.5 Å². The van der Waals surface area contributed by atoms with Crippen LogP contribution in [-0.2, 0) is 0 Å². The largest absolute Gasteiger partial charge is 0.306 e. The summed E-state index contributed by atoms with van der Waals surface area (Å²) in [4.78, 5) is 0. The lowest BCUT2D eigenvalue weighted by Gasteiger charge is -2.20. The van der Waals surface area contributed by atoms with Crippen molar-refractivity contribution in [2.45, 2.75) is 19.9 Å². The first kappa shape index (κ1) is 15.9. The SMILES string of the molecule is CCNC(c1cc(C)cc(F)c1)c1cc(F)c(Cl)cc1F. The van der Waals surface area contributed by atoms with Gasteiger partial charge in [-0.05, 0) is 48.9 Å². The molecule has 0 bridgehead atoms. The van der Waals surface area contributed by atoms with E-state index in [9.17, 15) is 13.2 Å². The highest BCUT2D eigenvalue weighted by molar-refractivity contribution is 6.30. The number of aryl methyl sites for hydroxylation is 1. The Labute approximate surface area is 126 Å². The molecule has 5 heteroatoms. The summed E-state index contributed by atoms with van der Waals surface area (Å²) in [5.74, 6) is -1.75. The fourth-order valence-electron chi connectivity index (χ4n) is 2.30. The van der Waals surface area contributed by atoms with Crippen LogP contribution in [-0.4, -0.2) is 6.54 Å². The van der Waals surface area contributed by atoms with Gasteiger partial charge in [0.25, 0.3) is 0 Å². The zero-order chi connectivity index (χ0) is 15.6. The zero-order valence-electron chi connectivity index (χ0n) is 11.7. The quantitative estimate of drug-likeness (QED) is 0.802. The third-order valence-corrected chi connectivity index (χ3v) is 3.45. The zero-order valence-corrected chi connectivity index (χ0v) is 12.4. The standard InChI is InChI=1S/C16H15ClF3N/c1-3-21-16(10-4-9(2)5-11(18)6-10)12-7-15(20)13(17)8-14(12)19/h4-8,16,21H,3H2,1-2H3. The van der Waals surface area contributed by atoms with Crippen LogP contribution in [0.25, 0.3) is 0 Å². The third kappa shape index (κ3) is 3.57. The molecule has 2 aromatic rings. The van der Waals surface area contributed by atoms with Crippen LogP contribution in [0.2, 0.25) is 5.02 Å². The van der Waals surface area contributed by atoms with Crippen molar-refractivity contribution < 1.29 is 13.2 Å². The second kappa shape index (κ2) is 6.50. The molecule has 1 N–H and O–H groups in total. The predicted molar refractivity (Wildman–Crippen MR) is 78.0 cm³/mol. The number of hydrogen-bond acceptors (Lipinski definition) is 1. The number of nitrogens with one attached hydrogen (secondary N) is 1. The molecule has 2 aromatic carbocycles. The number of benzene rings is 2. The molecule has 0 spiro atoms. The van der Waals surface area contributed by atoms with Crippen LogP contribution < -0.4 is 5.32 Å². The molecule has 112 valence electrons. The minimum Gasteiger partial charge on any atom is -0.306 e. The minimum atomic E-state index is -0.705. The Morgan fingerprint density at radius 3 is 2.38 bits per heavy atom. The van der Waals surface area contributed by atoms with Gasteiger partial charge in [0.2, 0.25) is 0 Å². The molecule has 0 aliphatic heterocycles. The van der Waals surface area contributed by atoms with Crippen molar-refractivity contribution in [1.82, 2.24) is 5.32 Å². The van der Waals surface area contributed by atoms with Crippen molar-refractivity contribution in [2.75, 3.05) is 6.54 Å². The van der Waals surface area contributed by atoms with E-state index in [1.807, 2.05) is 6.92 Å². The summed E-state index contributed by atoms with van der Waals surface area (Å²) in [5.41, 5.74) is 1.35. The van der Waals surface area contributed by atoms with Crippen LogP contribution in [0.1, 0.15) is 29.7 Å². The molecule has 0 aliphatic carbocycles. The van der Waals surface area contributed by atoms with Crippen LogP contribution >= 0.6 is 11.6 Å². The van der Waals surface area contributed by atoms with Crippen LogP contribution in [0.4, 0.5) is 13.2 Å². The summed E-state index contributed by atoms with van der Waals surface area (Å²) < 4.78 is 41.3. The van der Waals surface area contributed by atoms with Crippen LogP contribution in [0, 0.1) is 24.4 Å². The van der Waals surface area contributed by atoms with E-state index in [2.05, 4.69) is 5.32 Å². The molecule has 1 nitrogen and oxygen atoms in total. The van der Waals surface area contributed by atoms with Gasteiger partial charge in [-0.3, -0.25) is 0 Å². The van der Waals surface area contributed by atoms with E-state index in [4.69, 9.17) is 11.6 Å². The molecule has 0 heterocycles. The van der Waals surface area contributed by atoms with Gasteiger partial charge < -0.3 is 5.32 Å². The van der Waals surface area contributed by atoms with E-state index in [0.717, 1.165) is 12.1 Å². The molecule has 0 amide bonds. The van der Waals surface area contributed by atoms with Crippen LogP contribution in [0.15, 0.2) is 30.3 Å². The van der Waals surface area contributed by atoms with Crippen LogP contribution in [0.3, 0.4) is 0 Å². The number of hydrogen-bond donors (Lipinski definition) is 1. The van der Waals surface area contributed by atoms with Crippen molar-refractivity contribution in [3.63, 3.8) is 0 Å². The van der Waals surface area contributed by atoms with E-state index in [0.29, 0.717) is 17.7 Å². The van der Waals surface area contributed by atoms with E-state index in [1.165, 1.54) is 12.1 Å². The first-order chi connectivity index (χ1) is 9.92. The van der Waals surface area contributed by atoms with E-state index in [-0.39, 0.29) is 10.6 Å². The summed E-state index contributed by atoms with van der Waals surface area (Å²) in [6.07, 6.45) is 0. The molecule has 2 rings (SSSR count). The summed E-state index contributed by atoms with van der Waals surface area (Å²) in [6, 6.07) is 5.77. The van der Waals surface area contributed by atoms with Crippen molar-refractivity contribution >= 4 is 11.6 Å². The normalized spacial score (nSPS) is 12.5. The highest BCUT2D eigenvalue weighted by Crippen LogP contribution is 2.29. The molecule has 1 atom stereocenters. The molecule has 0 saturated heterocycles. The Hall–Kier alpha value is -1.52. The fourth-order valence-corrected chi connectivity index (χ4v) is 2.45. The summed E-state index contributed by atoms with van der Waals surface area (Å²) in [5, 5.41) is 2.76. The molecule has 0 aromatic heterocycles. The average molecular weight is 314 g/mol. The van der Waals surface area contributed by atoms with Gasteiger partial charge in [-0.1, -0.05) is 24.6 Å². The molecule has 0 radical (unpaired) electrons. The summed E-state index contributed by atoms with van der Waals surface area (Å²) >= 11 is 5.57.